The van der Waals surface area contributed by atoms with Gasteiger partial charge in [-0.15, -0.1) is 0 Å². The summed E-state index contributed by atoms with van der Waals surface area (Å²) in [5.74, 6) is 1.04. The highest BCUT2D eigenvalue weighted by Crippen LogP contribution is 2.18. The number of thioether (sulfide) groups is 1. The summed E-state index contributed by atoms with van der Waals surface area (Å²) in [6, 6.07) is 8.08. The summed E-state index contributed by atoms with van der Waals surface area (Å²) in [5, 5.41) is 4.86. The van der Waals surface area contributed by atoms with Gasteiger partial charge in [0.2, 0.25) is 0 Å². The van der Waals surface area contributed by atoms with Gasteiger partial charge in [-0.3, -0.25) is 0 Å². The zero-order chi connectivity index (χ0) is 13.2. The molecule has 1 rings (SSSR count). The van der Waals surface area contributed by atoms with Crippen molar-refractivity contribution < 1.29 is 4.74 Å². The Morgan fingerprint density at radius 1 is 1.33 bits per heavy atom. The fraction of sp³-hybridized carbons (Fsp3) is 0.571. The van der Waals surface area contributed by atoms with Crippen molar-refractivity contribution in [2.75, 3.05) is 26.8 Å². The van der Waals surface area contributed by atoms with Gasteiger partial charge in [0.15, 0.2) is 0 Å². The van der Waals surface area contributed by atoms with Crippen molar-refractivity contribution in [2.24, 2.45) is 0 Å². The maximum atomic E-state index is 5.86. The highest BCUT2D eigenvalue weighted by Gasteiger charge is 2.02. The second-order valence-corrected chi connectivity index (χ2v) is 6.16. The van der Waals surface area contributed by atoms with E-state index in [2.05, 4.69) is 24.4 Å². The third kappa shape index (κ3) is 7.27. The first-order valence-corrected chi connectivity index (χ1v) is 7.70. The van der Waals surface area contributed by atoms with Crippen LogP contribution in [0, 0.1) is 0 Å². The van der Waals surface area contributed by atoms with Gasteiger partial charge in [-0.2, -0.15) is 11.8 Å². The molecule has 0 spiro atoms. The SMILES string of the molecule is COCCCNCC(C)SCc1ccc(Cl)cc1. The average molecular weight is 288 g/mol. The Bertz CT molecular complexity index is 318. The Labute approximate surface area is 119 Å². The molecule has 0 aliphatic rings. The van der Waals surface area contributed by atoms with Gasteiger partial charge in [0.05, 0.1) is 0 Å². The molecule has 0 aromatic heterocycles. The summed E-state index contributed by atoms with van der Waals surface area (Å²) in [4.78, 5) is 0. The Morgan fingerprint density at radius 2 is 2.06 bits per heavy atom. The first kappa shape index (κ1) is 15.8. The third-order valence-corrected chi connectivity index (χ3v) is 4.07. The van der Waals surface area contributed by atoms with Crippen LogP contribution in [0.4, 0.5) is 0 Å². The molecule has 4 heteroatoms. The minimum atomic E-state index is 0.614. The number of methoxy groups -OCH3 is 1. The summed E-state index contributed by atoms with van der Waals surface area (Å²) in [6.07, 6.45) is 1.07. The maximum absolute atomic E-state index is 5.86. The summed E-state index contributed by atoms with van der Waals surface area (Å²) in [6.45, 7) is 5.16. The smallest absolute Gasteiger partial charge is 0.0474 e. The molecule has 1 N–H and O–H groups in total. The molecule has 0 aliphatic heterocycles. The van der Waals surface area contributed by atoms with Crippen LogP contribution in [0.2, 0.25) is 5.02 Å². The van der Waals surface area contributed by atoms with Gasteiger partial charge < -0.3 is 10.1 Å². The van der Waals surface area contributed by atoms with Gasteiger partial charge in [0, 0.05) is 36.3 Å². The van der Waals surface area contributed by atoms with E-state index in [1.54, 1.807) is 7.11 Å². The lowest BCUT2D eigenvalue weighted by Crippen LogP contribution is -2.24. The first-order valence-electron chi connectivity index (χ1n) is 6.28. The van der Waals surface area contributed by atoms with Crippen LogP contribution in [-0.2, 0) is 10.5 Å². The standard InChI is InChI=1S/C14H22ClNOS/c1-12(10-16-8-3-9-17-2)18-11-13-4-6-14(15)7-5-13/h4-7,12,16H,3,8-11H2,1-2H3. The number of halogens is 1. The van der Waals surface area contributed by atoms with E-state index in [0.717, 1.165) is 36.9 Å². The molecule has 0 saturated carbocycles. The average Bonchev–Trinajstić information content (AvgIpc) is 2.38. The largest absolute Gasteiger partial charge is 0.385 e. The van der Waals surface area contributed by atoms with Crippen LogP contribution in [0.25, 0.3) is 0 Å². The van der Waals surface area contributed by atoms with Crippen molar-refractivity contribution in [1.82, 2.24) is 5.32 Å². The monoisotopic (exact) mass is 287 g/mol. The molecule has 18 heavy (non-hydrogen) atoms. The van der Waals surface area contributed by atoms with E-state index in [4.69, 9.17) is 16.3 Å². The second kappa shape index (κ2) is 9.68. The van der Waals surface area contributed by atoms with Crippen LogP contribution in [0.3, 0.4) is 0 Å². The molecule has 2 nitrogen and oxygen atoms in total. The number of nitrogens with one attached hydrogen (secondary N) is 1. The van der Waals surface area contributed by atoms with Gasteiger partial charge in [0.25, 0.3) is 0 Å². The van der Waals surface area contributed by atoms with E-state index >= 15 is 0 Å². The molecule has 102 valence electrons. The van der Waals surface area contributed by atoms with Crippen molar-refractivity contribution >= 4 is 23.4 Å². The van der Waals surface area contributed by atoms with Gasteiger partial charge in [-0.25, -0.2) is 0 Å². The van der Waals surface area contributed by atoms with Crippen LogP contribution < -0.4 is 5.32 Å². The van der Waals surface area contributed by atoms with E-state index in [1.807, 2.05) is 23.9 Å². The number of hydrogen-bond acceptors (Lipinski definition) is 3. The van der Waals surface area contributed by atoms with Crippen LogP contribution in [-0.4, -0.2) is 32.1 Å². The molecular weight excluding hydrogens is 266 g/mol. The van der Waals surface area contributed by atoms with E-state index in [0.29, 0.717) is 5.25 Å². The highest BCUT2D eigenvalue weighted by molar-refractivity contribution is 7.99. The number of hydrogen-bond donors (Lipinski definition) is 1. The molecule has 0 heterocycles. The van der Waals surface area contributed by atoms with Gasteiger partial charge in [0.1, 0.15) is 0 Å². The van der Waals surface area contributed by atoms with Crippen molar-refractivity contribution in [1.29, 1.82) is 0 Å². The number of benzene rings is 1. The van der Waals surface area contributed by atoms with E-state index in [9.17, 15) is 0 Å². The Morgan fingerprint density at radius 3 is 2.72 bits per heavy atom. The molecule has 1 unspecified atom stereocenters. The molecule has 0 aliphatic carbocycles. The fourth-order valence-electron chi connectivity index (χ4n) is 1.52. The lowest BCUT2D eigenvalue weighted by Gasteiger charge is -2.12. The van der Waals surface area contributed by atoms with Gasteiger partial charge in [-0.1, -0.05) is 30.7 Å². The minimum absolute atomic E-state index is 0.614. The lowest BCUT2D eigenvalue weighted by molar-refractivity contribution is 0.194. The molecule has 0 fully saturated rings. The number of rotatable bonds is 9. The van der Waals surface area contributed by atoms with Crippen LogP contribution in [0.15, 0.2) is 24.3 Å². The Kier molecular flexibility index (Phi) is 8.51. The lowest BCUT2D eigenvalue weighted by atomic mass is 10.2. The highest BCUT2D eigenvalue weighted by atomic mass is 35.5. The normalized spacial score (nSPS) is 12.6. The molecule has 1 aromatic rings. The van der Waals surface area contributed by atoms with Crippen molar-refractivity contribution in [3.8, 4) is 0 Å². The maximum Gasteiger partial charge on any atom is 0.0474 e. The van der Waals surface area contributed by atoms with Crippen LogP contribution >= 0.6 is 23.4 Å². The second-order valence-electron chi connectivity index (χ2n) is 4.30. The topological polar surface area (TPSA) is 21.3 Å². The molecule has 0 radical (unpaired) electrons. The summed E-state index contributed by atoms with van der Waals surface area (Å²) < 4.78 is 5.01. The fourth-order valence-corrected chi connectivity index (χ4v) is 2.56. The molecular formula is C14H22ClNOS. The summed E-state index contributed by atoms with van der Waals surface area (Å²) in [5.41, 5.74) is 1.33. The quantitative estimate of drug-likeness (QED) is 0.702. The molecule has 0 bridgehead atoms. The van der Waals surface area contributed by atoms with Crippen LogP contribution in [0.1, 0.15) is 18.9 Å². The van der Waals surface area contributed by atoms with Crippen LogP contribution in [0.5, 0.6) is 0 Å². The predicted molar refractivity (Wildman–Crippen MR) is 81.6 cm³/mol. The predicted octanol–water partition coefficient (Wildman–Crippen LogP) is 3.59. The van der Waals surface area contributed by atoms with E-state index < -0.39 is 0 Å². The first-order chi connectivity index (χ1) is 8.72. The van der Waals surface area contributed by atoms with Crippen molar-refractivity contribution in [3.05, 3.63) is 34.9 Å². The molecule has 0 amide bonds. The summed E-state index contributed by atoms with van der Waals surface area (Å²) >= 11 is 7.82. The Hall–Kier alpha value is -0.220. The summed E-state index contributed by atoms with van der Waals surface area (Å²) in [7, 11) is 1.74. The zero-order valence-corrected chi connectivity index (χ0v) is 12.7. The van der Waals surface area contributed by atoms with Crippen molar-refractivity contribution in [2.45, 2.75) is 24.3 Å². The van der Waals surface area contributed by atoms with E-state index in [-0.39, 0.29) is 0 Å². The molecule has 1 atom stereocenters. The van der Waals surface area contributed by atoms with Crippen molar-refractivity contribution in [3.63, 3.8) is 0 Å². The zero-order valence-electron chi connectivity index (χ0n) is 11.1. The van der Waals surface area contributed by atoms with E-state index in [1.165, 1.54) is 5.56 Å². The van der Waals surface area contributed by atoms with Gasteiger partial charge in [-0.05, 0) is 30.7 Å². The third-order valence-electron chi connectivity index (χ3n) is 2.58. The molecule has 1 aromatic carbocycles. The Balaban J connectivity index is 2.09. The number of ether oxygens (including phenoxy) is 1. The van der Waals surface area contributed by atoms with Gasteiger partial charge >= 0.3 is 0 Å². The minimum Gasteiger partial charge on any atom is -0.385 e. The molecule has 0 saturated heterocycles.